The van der Waals surface area contributed by atoms with Crippen LogP contribution in [0, 0.1) is 0 Å². The van der Waals surface area contributed by atoms with Gasteiger partial charge in [-0.1, -0.05) is 23.2 Å². The fraction of sp³-hybridized carbons (Fsp3) is 0.125. The monoisotopic (exact) mass is 245 g/mol. The number of methoxy groups -OCH3 is 1. The van der Waals surface area contributed by atoms with E-state index in [1.807, 2.05) is 0 Å². The third kappa shape index (κ3) is 1.53. The van der Waals surface area contributed by atoms with Crippen molar-refractivity contribution in [2.45, 2.75) is 0 Å². The summed E-state index contributed by atoms with van der Waals surface area (Å²) in [5, 5.41) is 4.31. The van der Waals surface area contributed by atoms with Crippen molar-refractivity contribution in [3.8, 4) is 0 Å². The van der Waals surface area contributed by atoms with Crippen LogP contribution in [0.3, 0.4) is 0 Å². The first kappa shape index (κ1) is 10.2. The molecule has 0 atom stereocenters. The number of hydrogen-bond donors (Lipinski definition) is 0. The predicted molar refractivity (Wildman–Crippen MR) is 54.3 cm³/mol. The molecule has 0 aliphatic heterocycles. The first-order chi connectivity index (χ1) is 7.15. The maximum absolute atomic E-state index is 11.4. The van der Waals surface area contributed by atoms with Crippen LogP contribution in [0.1, 0.15) is 10.4 Å². The summed E-state index contributed by atoms with van der Waals surface area (Å²) < 4.78 is 5.89. The Bertz CT molecular complexity index is 538. The van der Waals surface area contributed by atoms with E-state index < -0.39 is 5.97 Å². The zero-order valence-electron chi connectivity index (χ0n) is 7.57. The lowest BCUT2D eigenvalue weighted by atomic mass is 10.2. The lowest BCUT2D eigenvalue weighted by Crippen LogP contribution is -2.06. The highest BCUT2D eigenvalue weighted by Crippen LogP contribution is 2.24. The number of nitrogens with zero attached hydrogens (tertiary/aromatic N) is 3. The van der Waals surface area contributed by atoms with Crippen molar-refractivity contribution in [2.24, 2.45) is 0 Å². The van der Waals surface area contributed by atoms with Crippen LogP contribution in [0.4, 0.5) is 0 Å². The molecule has 15 heavy (non-hydrogen) atoms. The van der Waals surface area contributed by atoms with Crippen molar-refractivity contribution < 1.29 is 9.53 Å². The normalized spacial score (nSPS) is 10.6. The third-order valence-electron chi connectivity index (χ3n) is 1.85. The van der Waals surface area contributed by atoms with Gasteiger partial charge in [-0.15, -0.1) is 0 Å². The molecule has 0 saturated heterocycles. The number of carbonyl (C=O) groups is 1. The Kier molecular flexibility index (Phi) is 2.50. The van der Waals surface area contributed by atoms with Crippen LogP contribution >= 0.6 is 23.2 Å². The second kappa shape index (κ2) is 3.67. The molecule has 2 heterocycles. The van der Waals surface area contributed by atoms with E-state index in [1.165, 1.54) is 24.0 Å². The van der Waals surface area contributed by atoms with E-state index in [0.717, 1.165) is 0 Å². The van der Waals surface area contributed by atoms with Gasteiger partial charge in [0.1, 0.15) is 17.0 Å². The number of carbonyl (C=O) groups excluding carboxylic acids is 1. The van der Waals surface area contributed by atoms with Crippen molar-refractivity contribution in [1.29, 1.82) is 0 Å². The highest BCUT2D eigenvalue weighted by Gasteiger charge is 2.19. The Labute approximate surface area is 94.6 Å². The van der Waals surface area contributed by atoms with Gasteiger partial charge in [-0.3, -0.25) is 0 Å². The van der Waals surface area contributed by atoms with Gasteiger partial charge in [0, 0.05) is 0 Å². The van der Waals surface area contributed by atoms with E-state index in [1.54, 1.807) is 0 Å². The van der Waals surface area contributed by atoms with Gasteiger partial charge >= 0.3 is 5.97 Å². The van der Waals surface area contributed by atoms with Gasteiger partial charge in [-0.2, -0.15) is 5.10 Å². The van der Waals surface area contributed by atoms with Crippen LogP contribution in [-0.4, -0.2) is 27.7 Å². The number of pyridine rings is 1. The Morgan fingerprint density at radius 3 is 2.93 bits per heavy atom. The number of fused-ring (bicyclic) bond motifs is 1. The van der Waals surface area contributed by atoms with E-state index in [9.17, 15) is 4.79 Å². The Hall–Kier alpha value is -1.33. The Morgan fingerprint density at radius 1 is 1.53 bits per heavy atom. The van der Waals surface area contributed by atoms with E-state index in [0.29, 0.717) is 0 Å². The molecule has 0 spiro atoms. The maximum Gasteiger partial charge on any atom is 0.343 e. The zero-order valence-corrected chi connectivity index (χ0v) is 9.08. The summed E-state index contributed by atoms with van der Waals surface area (Å²) >= 11 is 11.7. The molecule has 0 N–H and O–H groups in total. The minimum Gasteiger partial charge on any atom is -0.465 e. The molecule has 0 aliphatic carbocycles. The van der Waals surface area contributed by atoms with Crippen molar-refractivity contribution in [1.82, 2.24) is 14.6 Å². The largest absolute Gasteiger partial charge is 0.465 e. The van der Waals surface area contributed by atoms with E-state index in [4.69, 9.17) is 23.2 Å². The number of ether oxygens (including phenoxy) is 1. The summed E-state index contributed by atoms with van der Waals surface area (Å²) in [4.78, 5) is 15.3. The molecule has 0 aromatic carbocycles. The van der Waals surface area contributed by atoms with Gasteiger partial charge in [-0.05, 0) is 6.07 Å². The van der Waals surface area contributed by atoms with Crippen LogP contribution in [0.25, 0.3) is 5.65 Å². The molecule has 0 aliphatic rings. The molecular formula is C8H5Cl2N3O2. The third-order valence-corrected chi connectivity index (χ3v) is 2.42. The quantitative estimate of drug-likeness (QED) is 0.568. The fourth-order valence-electron chi connectivity index (χ4n) is 1.20. The molecule has 2 rings (SSSR count). The molecule has 0 bridgehead atoms. The lowest BCUT2D eigenvalue weighted by Gasteiger charge is -2.04. The first-order valence-corrected chi connectivity index (χ1v) is 4.66. The SMILES string of the molecule is COC(=O)c1c(Cl)cc(Cl)n2ncnc12. The minimum absolute atomic E-state index is 0.154. The second-order valence-corrected chi connectivity index (χ2v) is 3.47. The Balaban J connectivity index is 2.82. The van der Waals surface area contributed by atoms with Gasteiger partial charge in [-0.25, -0.2) is 14.3 Å². The first-order valence-electron chi connectivity index (χ1n) is 3.91. The molecule has 0 fully saturated rings. The summed E-state index contributed by atoms with van der Waals surface area (Å²) in [6.45, 7) is 0. The topological polar surface area (TPSA) is 56.5 Å². The van der Waals surface area contributed by atoms with Gasteiger partial charge < -0.3 is 4.74 Å². The number of halogens is 2. The maximum atomic E-state index is 11.4. The van der Waals surface area contributed by atoms with Gasteiger partial charge in [0.05, 0.1) is 12.1 Å². The van der Waals surface area contributed by atoms with Crippen LogP contribution < -0.4 is 0 Å². The summed E-state index contributed by atoms with van der Waals surface area (Å²) in [5.41, 5.74) is 0.431. The summed E-state index contributed by atoms with van der Waals surface area (Å²) in [7, 11) is 1.26. The molecule has 2 aromatic heterocycles. The molecule has 0 amide bonds. The van der Waals surface area contributed by atoms with Crippen molar-refractivity contribution >= 4 is 34.8 Å². The second-order valence-electron chi connectivity index (χ2n) is 2.68. The molecule has 0 unspecified atom stereocenters. The standard InChI is InChI=1S/C8H5Cl2N3O2/c1-15-8(14)6-4(9)2-5(10)13-7(6)11-3-12-13/h2-3H,1H3. The smallest absolute Gasteiger partial charge is 0.343 e. The highest BCUT2D eigenvalue weighted by atomic mass is 35.5. The molecule has 2 aromatic rings. The van der Waals surface area contributed by atoms with Crippen molar-refractivity contribution in [2.75, 3.05) is 7.11 Å². The molecular weight excluding hydrogens is 241 g/mol. The van der Waals surface area contributed by atoms with Crippen molar-refractivity contribution in [3.05, 3.63) is 28.1 Å². The average molecular weight is 246 g/mol. The minimum atomic E-state index is -0.574. The van der Waals surface area contributed by atoms with Crippen LogP contribution in [0.5, 0.6) is 0 Å². The summed E-state index contributed by atoms with van der Waals surface area (Å²) in [5.74, 6) is -0.574. The number of esters is 1. The summed E-state index contributed by atoms with van der Waals surface area (Å²) in [6, 6.07) is 1.41. The van der Waals surface area contributed by atoms with Gasteiger partial charge in [0.25, 0.3) is 0 Å². The Morgan fingerprint density at radius 2 is 2.27 bits per heavy atom. The van der Waals surface area contributed by atoms with E-state index >= 15 is 0 Å². The van der Waals surface area contributed by atoms with Gasteiger partial charge in [0.2, 0.25) is 0 Å². The molecule has 78 valence electrons. The summed E-state index contributed by atoms with van der Waals surface area (Å²) in [6.07, 6.45) is 1.28. The number of rotatable bonds is 1. The van der Waals surface area contributed by atoms with Crippen LogP contribution in [0.15, 0.2) is 12.4 Å². The lowest BCUT2D eigenvalue weighted by molar-refractivity contribution is 0.0602. The van der Waals surface area contributed by atoms with Crippen LogP contribution in [-0.2, 0) is 4.74 Å². The molecule has 0 radical (unpaired) electrons. The number of hydrogen-bond acceptors (Lipinski definition) is 4. The number of aromatic nitrogens is 3. The van der Waals surface area contributed by atoms with E-state index in [-0.39, 0.29) is 21.4 Å². The molecule has 0 saturated carbocycles. The fourth-order valence-corrected chi connectivity index (χ4v) is 1.76. The van der Waals surface area contributed by atoms with Crippen LogP contribution in [0.2, 0.25) is 10.2 Å². The highest BCUT2D eigenvalue weighted by molar-refractivity contribution is 6.37. The predicted octanol–water partition coefficient (Wildman–Crippen LogP) is 1.82. The molecule has 7 heteroatoms. The molecule has 5 nitrogen and oxygen atoms in total. The van der Waals surface area contributed by atoms with Crippen molar-refractivity contribution in [3.63, 3.8) is 0 Å². The zero-order chi connectivity index (χ0) is 11.0. The van der Waals surface area contributed by atoms with Gasteiger partial charge in [0.15, 0.2) is 5.65 Å². The van der Waals surface area contributed by atoms with E-state index in [2.05, 4.69) is 14.8 Å². The average Bonchev–Trinajstić information content (AvgIpc) is 2.66.